The summed E-state index contributed by atoms with van der Waals surface area (Å²) in [5.41, 5.74) is 1.06. The van der Waals surface area contributed by atoms with E-state index in [-0.39, 0.29) is 11.7 Å². The standard InChI is InChI=1S/C17H21FO2/c1-17-7-5-3-4-6-11(16(17)19)8-13-14(17)9-12(20-2)10-15(13)18/h9-11H,3-8H2,1-2H3. The molecule has 1 aromatic carbocycles. The Morgan fingerprint density at radius 2 is 2.10 bits per heavy atom. The molecule has 2 atom stereocenters. The van der Waals surface area contributed by atoms with Crippen molar-refractivity contribution < 1.29 is 13.9 Å². The van der Waals surface area contributed by atoms with Crippen LogP contribution in [0.15, 0.2) is 12.1 Å². The summed E-state index contributed by atoms with van der Waals surface area (Å²) >= 11 is 0. The predicted molar refractivity (Wildman–Crippen MR) is 75.6 cm³/mol. The molecule has 2 aliphatic rings. The number of ketones is 1. The van der Waals surface area contributed by atoms with E-state index < -0.39 is 5.41 Å². The highest BCUT2D eigenvalue weighted by Crippen LogP contribution is 2.45. The molecular weight excluding hydrogens is 255 g/mol. The minimum absolute atomic E-state index is 0.00399. The lowest BCUT2D eigenvalue weighted by Crippen LogP contribution is -2.44. The molecule has 1 fully saturated rings. The molecule has 1 saturated carbocycles. The molecular formula is C17H21FO2. The smallest absolute Gasteiger partial charge is 0.146 e. The highest BCUT2D eigenvalue weighted by molar-refractivity contribution is 5.94. The maximum atomic E-state index is 14.4. The largest absolute Gasteiger partial charge is 0.497 e. The van der Waals surface area contributed by atoms with Crippen molar-refractivity contribution in [3.05, 3.63) is 29.1 Å². The van der Waals surface area contributed by atoms with Gasteiger partial charge in [0, 0.05) is 12.0 Å². The molecule has 3 rings (SSSR count). The minimum atomic E-state index is -0.534. The Morgan fingerprint density at radius 3 is 2.85 bits per heavy atom. The van der Waals surface area contributed by atoms with Crippen LogP contribution in [0.2, 0.25) is 0 Å². The van der Waals surface area contributed by atoms with Crippen LogP contribution >= 0.6 is 0 Å². The van der Waals surface area contributed by atoms with Crippen LogP contribution in [-0.2, 0) is 16.6 Å². The van der Waals surface area contributed by atoms with Gasteiger partial charge in [0.05, 0.1) is 12.5 Å². The predicted octanol–water partition coefficient (Wildman–Crippen LogP) is 3.80. The van der Waals surface area contributed by atoms with E-state index in [1.165, 1.54) is 19.6 Å². The van der Waals surface area contributed by atoms with Crippen molar-refractivity contribution in [3.8, 4) is 5.75 Å². The van der Waals surface area contributed by atoms with Crippen LogP contribution in [0.1, 0.15) is 50.2 Å². The summed E-state index contributed by atoms with van der Waals surface area (Å²) in [6.45, 7) is 1.99. The number of halogens is 1. The molecule has 2 nitrogen and oxygen atoms in total. The molecule has 0 amide bonds. The quantitative estimate of drug-likeness (QED) is 0.780. The van der Waals surface area contributed by atoms with Crippen molar-refractivity contribution in [3.63, 3.8) is 0 Å². The Morgan fingerprint density at radius 1 is 1.30 bits per heavy atom. The van der Waals surface area contributed by atoms with Gasteiger partial charge < -0.3 is 4.74 Å². The van der Waals surface area contributed by atoms with E-state index >= 15 is 0 Å². The SMILES string of the molecule is COc1cc(F)c2c(c1)C1(C)CCCCCC(C2)C1=O. The summed E-state index contributed by atoms with van der Waals surface area (Å²) in [6, 6.07) is 3.31. The molecule has 0 N–H and O–H groups in total. The third-order valence-corrected chi connectivity index (χ3v) is 5.09. The van der Waals surface area contributed by atoms with Crippen LogP contribution in [0.5, 0.6) is 5.75 Å². The zero-order valence-electron chi connectivity index (χ0n) is 12.2. The maximum Gasteiger partial charge on any atom is 0.146 e. The molecule has 0 spiro atoms. The van der Waals surface area contributed by atoms with E-state index in [0.29, 0.717) is 18.0 Å². The first-order valence-corrected chi connectivity index (χ1v) is 7.47. The fourth-order valence-corrected chi connectivity index (χ4v) is 3.89. The normalized spacial score (nSPS) is 29.4. The number of hydrogen-bond donors (Lipinski definition) is 0. The summed E-state index contributed by atoms with van der Waals surface area (Å²) in [7, 11) is 1.54. The van der Waals surface area contributed by atoms with E-state index in [1.54, 1.807) is 0 Å². The number of hydrogen-bond acceptors (Lipinski definition) is 2. The zero-order chi connectivity index (χ0) is 14.3. The first-order chi connectivity index (χ1) is 9.56. The zero-order valence-corrected chi connectivity index (χ0v) is 12.2. The fraction of sp³-hybridized carbons (Fsp3) is 0.588. The molecule has 0 heterocycles. The number of fused-ring (bicyclic) bond motifs is 4. The fourth-order valence-electron chi connectivity index (χ4n) is 3.89. The molecule has 0 saturated heterocycles. The molecule has 2 unspecified atom stereocenters. The van der Waals surface area contributed by atoms with E-state index in [9.17, 15) is 9.18 Å². The lowest BCUT2D eigenvalue weighted by atomic mass is 9.62. The van der Waals surface area contributed by atoms with Gasteiger partial charge in [0.25, 0.3) is 0 Å². The third-order valence-electron chi connectivity index (χ3n) is 5.09. The number of ether oxygens (including phenoxy) is 1. The Bertz CT molecular complexity index is 552. The molecule has 3 heteroatoms. The van der Waals surface area contributed by atoms with Crippen molar-refractivity contribution >= 4 is 5.78 Å². The lowest BCUT2D eigenvalue weighted by Gasteiger charge is -2.40. The lowest BCUT2D eigenvalue weighted by molar-refractivity contribution is -0.130. The number of methoxy groups -OCH3 is 1. The summed E-state index contributed by atoms with van der Waals surface area (Å²) in [6.07, 6.45) is 5.56. The average Bonchev–Trinajstić information content (AvgIpc) is 2.44. The van der Waals surface area contributed by atoms with Crippen LogP contribution < -0.4 is 4.74 Å². The number of Topliss-reactive ketones (excluding diaryl/α,β-unsaturated/α-hetero) is 1. The topological polar surface area (TPSA) is 26.3 Å². The second-order valence-corrected chi connectivity index (χ2v) is 6.33. The van der Waals surface area contributed by atoms with Crippen LogP contribution in [0, 0.1) is 11.7 Å². The number of benzene rings is 1. The number of rotatable bonds is 1. The van der Waals surface area contributed by atoms with Crippen LogP contribution in [0.25, 0.3) is 0 Å². The molecule has 0 aliphatic heterocycles. The van der Waals surface area contributed by atoms with Gasteiger partial charge in [0.15, 0.2) is 0 Å². The van der Waals surface area contributed by atoms with E-state index in [2.05, 4.69) is 0 Å². The highest BCUT2D eigenvalue weighted by atomic mass is 19.1. The Hall–Kier alpha value is -1.38. The van der Waals surface area contributed by atoms with Crippen molar-refractivity contribution in [2.75, 3.05) is 7.11 Å². The van der Waals surface area contributed by atoms with Gasteiger partial charge in [0.1, 0.15) is 17.3 Å². The molecule has 108 valence electrons. The Balaban J connectivity index is 2.18. The van der Waals surface area contributed by atoms with Crippen LogP contribution in [0.3, 0.4) is 0 Å². The van der Waals surface area contributed by atoms with E-state index in [4.69, 9.17) is 4.74 Å². The molecule has 2 bridgehead atoms. The van der Waals surface area contributed by atoms with Gasteiger partial charge >= 0.3 is 0 Å². The molecule has 0 radical (unpaired) electrons. The van der Waals surface area contributed by atoms with Gasteiger partial charge in [-0.15, -0.1) is 0 Å². The van der Waals surface area contributed by atoms with E-state index in [1.807, 2.05) is 13.0 Å². The monoisotopic (exact) mass is 276 g/mol. The Labute approximate surface area is 119 Å². The maximum absolute atomic E-state index is 14.4. The van der Waals surface area contributed by atoms with Crippen molar-refractivity contribution in [1.29, 1.82) is 0 Å². The summed E-state index contributed by atoms with van der Waals surface area (Å²) < 4.78 is 19.5. The van der Waals surface area contributed by atoms with Crippen LogP contribution in [0.4, 0.5) is 4.39 Å². The molecule has 20 heavy (non-hydrogen) atoms. The van der Waals surface area contributed by atoms with Gasteiger partial charge in [-0.2, -0.15) is 0 Å². The Kier molecular flexibility index (Phi) is 3.31. The molecule has 2 aliphatic carbocycles. The number of carbonyl (C=O) groups is 1. The van der Waals surface area contributed by atoms with Gasteiger partial charge in [-0.1, -0.05) is 19.3 Å². The minimum Gasteiger partial charge on any atom is -0.497 e. The van der Waals surface area contributed by atoms with Crippen LogP contribution in [-0.4, -0.2) is 12.9 Å². The first kappa shape index (κ1) is 13.6. The third kappa shape index (κ3) is 1.95. The van der Waals surface area contributed by atoms with Gasteiger partial charge in [-0.3, -0.25) is 4.79 Å². The molecule has 0 aromatic heterocycles. The average molecular weight is 276 g/mol. The summed E-state index contributed by atoms with van der Waals surface area (Å²) in [4.78, 5) is 12.8. The summed E-state index contributed by atoms with van der Waals surface area (Å²) in [5.74, 6) is 0.590. The van der Waals surface area contributed by atoms with Crippen molar-refractivity contribution in [2.24, 2.45) is 5.92 Å². The molecule has 1 aromatic rings. The van der Waals surface area contributed by atoms with Crippen molar-refractivity contribution in [1.82, 2.24) is 0 Å². The highest BCUT2D eigenvalue weighted by Gasteiger charge is 2.45. The number of carbonyl (C=O) groups excluding carboxylic acids is 1. The van der Waals surface area contributed by atoms with E-state index in [0.717, 1.165) is 36.8 Å². The summed E-state index contributed by atoms with van der Waals surface area (Å²) in [5, 5.41) is 0. The second kappa shape index (κ2) is 4.87. The van der Waals surface area contributed by atoms with Gasteiger partial charge in [-0.25, -0.2) is 4.39 Å². The van der Waals surface area contributed by atoms with Gasteiger partial charge in [0.2, 0.25) is 0 Å². The first-order valence-electron chi connectivity index (χ1n) is 7.47. The van der Waals surface area contributed by atoms with Crippen molar-refractivity contribution in [2.45, 2.75) is 50.9 Å². The second-order valence-electron chi connectivity index (χ2n) is 6.33. The van der Waals surface area contributed by atoms with Gasteiger partial charge in [-0.05, 0) is 43.4 Å².